The van der Waals surface area contributed by atoms with Crippen LogP contribution in [0.4, 0.5) is 11.5 Å². The van der Waals surface area contributed by atoms with E-state index in [-0.39, 0.29) is 5.91 Å². The lowest BCUT2D eigenvalue weighted by molar-refractivity contribution is -0.111. The number of allylic oxidation sites excluding steroid dienone is 4. The molecule has 0 saturated heterocycles. The van der Waals surface area contributed by atoms with Gasteiger partial charge in [0.2, 0.25) is 5.91 Å². The van der Waals surface area contributed by atoms with E-state index < -0.39 is 6.17 Å². The Morgan fingerprint density at radius 1 is 1.30 bits per heavy atom. The van der Waals surface area contributed by atoms with Gasteiger partial charge in [-0.1, -0.05) is 42.9 Å². The number of carbonyl (C=O) groups is 1. The summed E-state index contributed by atoms with van der Waals surface area (Å²) in [5, 5.41) is 5.82. The number of nitrogens with one attached hydrogen (secondary N) is 2. The average Bonchev–Trinajstić information content (AvgIpc) is 2.74. The Hall–Kier alpha value is -4.08. The fourth-order valence-electron chi connectivity index (χ4n) is 2.54. The van der Waals surface area contributed by atoms with Crippen LogP contribution in [0.1, 0.15) is 6.92 Å². The molecule has 152 valence electrons. The standard InChI is InChI=1S/C24H25N5O/c1-4-7-10-17(5-2)20(25)16-22(26)29-23-14-9-13-21(28-23)18-11-8-12-19(15-18)27-24(30)6-3/h2,4,6-16,22H,3,25-26H2,1H3,(H,27,30)(H,28,29)/b7-4-,17-10+,20-16-. The molecule has 0 fully saturated rings. The van der Waals surface area contributed by atoms with Crippen LogP contribution in [0.25, 0.3) is 11.3 Å². The zero-order valence-electron chi connectivity index (χ0n) is 16.8. The third-order valence-electron chi connectivity index (χ3n) is 3.96. The maximum atomic E-state index is 11.5. The van der Waals surface area contributed by atoms with Gasteiger partial charge in [-0.15, -0.1) is 6.42 Å². The zero-order chi connectivity index (χ0) is 21.9. The van der Waals surface area contributed by atoms with Crippen molar-refractivity contribution in [3.63, 3.8) is 0 Å². The SMILES string of the molecule is C#CC(=C\C=C/C)/C(N)=C/C(N)Nc1cccc(-c2cccc(NC(=O)C=C)c2)n1. The predicted octanol–water partition coefficient (Wildman–Crippen LogP) is 3.55. The lowest BCUT2D eigenvalue weighted by Crippen LogP contribution is -2.29. The van der Waals surface area contributed by atoms with Gasteiger partial charge in [0.05, 0.1) is 11.9 Å². The van der Waals surface area contributed by atoms with E-state index in [9.17, 15) is 4.79 Å². The van der Waals surface area contributed by atoms with Crippen molar-refractivity contribution in [2.45, 2.75) is 13.1 Å². The molecule has 30 heavy (non-hydrogen) atoms. The molecule has 1 aromatic heterocycles. The number of nitrogens with two attached hydrogens (primary N) is 2. The van der Waals surface area contributed by atoms with Crippen molar-refractivity contribution < 1.29 is 4.79 Å². The maximum absolute atomic E-state index is 11.5. The summed E-state index contributed by atoms with van der Waals surface area (Å²) >= 11 is 0. The fraction of sp³-hybridized carbons (Fsp3) is 0.0833. The number of terminal acetylenes is 1. The van der Waals surface area contributed by atoms with Crippen LogP contribution in [-0.2, 0) is 4.79 Å². The first-order chi connectivity index (χ1) is 14.5. The Morgan fingerprint density at radius 3 is 2.77 bits per heavy atom. The first-order valence-corrected chi connectivity index (χ1v) is 9.27. The summed E-state index contributed by atoms with van der Waals surface area (Å²) in [4.78, 5) is 16.1. The van der Waals surface area contributed by atoms with Gasteiger partial charge < -0.3 is 22.1 Å². The van der Waals surface area contributed by atoms with Crippen molar-refractivity contribution in [3.8, 4) is 23.6 Å². The molecule has 1 aromatic carbocycles. The van der Waals surface area contributed by atoms with Crippen molar-refractivity contribution in [2.75, 3.05) is 10.6 Å². The average molecular weight is 399 g/mol. The van der Waals surface area contributed by atoms with Crippen LogP contribution in [0.2, 0.25) is 0 Å². The minimum atomic E-state index is -0.590. The van der Waals surface area contributed by atoms with Crippen LogP contribution in [0.15, 0.2) is 90.7 Å². The van der Waals surface area contributed by atoms with Gasteiger partial charge in [-0.05, 0) is 49.4 Å². The number of hydrogen-bond acceptors (Lipinski definition) is 5. The smallest absolute Gasteiger partial charge is 0.247 e. The molecule has 6 nitrogen and oxygen atoms in total. The van der Waals surface area contributed by atoms with Crippen molar-refractivity contribution in [3.05, 3.63) is 90.7 Å². The number of carbonyl (C=O) groups excluding carboxylic acids is 1. The summed E-state index contributed by atoms with van der Waals surface area (Å²) in [7, 11) is 0. The van der Waals surface area contributed by atoms with Crippen molar-refractivity contribution in [2.24, 2.45) is 11.5 Å². The molecule has 0 spiro atoms. The van der Waals surface area contributed by atoms with E-state index in [2.05, 4.69) is 28.1 Å². The highest BCUT2D eigenvalue weighted by Crippen LogP contribution is 2.22. The minimum Gasteiger partial charge on any atom is -0.398 e. The summed E-state index contributed by atoms with van der Waals surface area (Å²) in [6.45, 7) is 5.34. The molecule has 0 radical (unpaired) electrons. The summed E-state index contributed by atoms with van der Waals surface area (Å²) in [6.07, 6.45) is 13.2. The van der Waals surface area contributed by atoms with Crippen LogP contribution in [0.5, 0.6) is 0 Å². The molecule has 2 aromatic rings. The number of aromatic nitrogens is 1. The highest BCUT2D eigenvalue weighted by Gasteiger charge is 2.07. The largest absolute Gasteiger partial charge is 0.398 e. The van der Waals surface area contributed by atoms with Gasteiger partial charge in [-0.2, -0.15) is 0 Å². The Balaban J connectivity index is 2.19. The predicted molar refractivity (Wildman–Crippen MR) is 124 cm³/mol. The van der Waals surface area contributed by atoms with Crippen molar-refractivity contribution >= 4 is 17.4 Å². The van der Waals surface area contributed by atoms with Crippen molar-refractivity contribution in [1.82, 2.24) is 4.98 Å². The summed E-state index contributed by atoms with van der Waals surface area (Å²) in [5.41, 5.74) is 15.3. The number of nitrogens with zero attached hydrogens (tertiary/aromatic N) is 1. The second-order valence-corrected chi connectivity index (χ2v) is 6.22. The monoisotopic (exact) mass is 399 g/mol. The van der Waals surface area contributed by atoms with Gasteiger partial charge in [-0.3, -0.25) is 4.79 Å². The van der Waals surface area contributed by atoms with E-state index in [0.717, 1.165) is 11.3 Å². The Bertz CT molecular complexity index is 1040. The molecular formula is C24H25N5O. The number of pyridine rings is 1. The second-order valence-electron chi connectivity index (χ2n) is 6.22. The third-order valence-corrected chi connectivity index (χ3v) is 3.96. The normalized spacial score (nSPS) is 12.8. The van der Waals surface area contributed by atoms with Crippen LogP contribution in [0, 0.1) is 12.3 Å². The molecule has 1 atom stereocenters. The Labute approximate surface area is 177 Å². The van der Waals surface area contributed by atoms with Crippen LogP contribution < -0.4 is 22.1 Å². The minimum absolute atomic E-state index is 0.277. The Kier molecular flexibility index (Phi) is 8.18. The van der Waals surface area contributed by atoms with E-state index in [0.29, 0.717) is 22.8 Å². The van der Waals surface area contributed by atoms with E-state index in [4.69, 9.17) is 17.9 Å². The van der Waals surface area contributed by atoms with Gasteiger partial charge in [0.15, 0.2) is 0 Å². The zero-order valence-corrected chi connectivity index (χ0v) is 16.8. The Morgan fingerprint density at radius 2 is 2.07 bits per heavy atom. The molecule has 6 N–H and O–H groups in total. The number of rotatable bonds is 8. The molecule has 1 heterocycles. The molecule has 0 aliphatic carbocycles. The fourth-order valence-corrected chi connectivity index (χ4v) is 2.54. The van der Waals surface area contributed by atoms with Gasteiger partial charge in [0, 0.05) is 22.5 Å². The molecule has 2 rings (SSSR count). The number of anilines is 2. The van der Waals surface area contributed by atoms with Crippen LogP contribution in [0.3, 0.4) is 0 Å². The highest BCUT2D eigenvalue weighted by molar-refractivity contribution is 5.99. The van der Waals surface area contributed by atoms with Crippen molar-refractivity contribution in [1.29, 1.82) is 0 Å². The third kappa shape index (κ3) is 6.51. The lowest BCUT2D eigenvalue weighted by Gasteiger charge is -2.13. The number of hydrogen-bond donors (Lipinski definition) is 4. The van der Waals surface area contributed by atoms with Gasteiger partial charge in [0.1, 0.15) is 5.82 Å². The molecule has 6 heteroatoms. The first kappa shape index (κ1) is 22.2. The van der Waals surface area contributed by atoms with E-state index >= 15 is 0 Å². The first-order valence-electron chi connectivity index (χ1n) is 9.27. The molecule has 0 aliphatic rings. The van der Waals surface area contributed by atoms with E-state index in [1.54, 1.807) is 24.3 Å². The molecule has 0 bridgehead atoms. The number of benzene rings is 1. The lowest BCUT2D eigenvalue weighted by atomic mass is 10.1. The quantitative estimate of drug-likeness (QED) is 0.235. The topological polar surface area (TPSA) is 106 Å². The van der Waals surface area contributed by atoms with Gasteiger partial charge in [0.25, 0.3) is 0 Å². The van der Waals surface area contributed by atoms with Gasteiger partial charge in [-0.25, -0.2) is 4.98 Å². The molecular weight excluding hydrogens is 374 g/mol. The maximum Gasteiger partial charge on any atom is 0.247 e. The molecule has 1 amide bonds. The molecule has 0 saturated carbocycles. The second kappa shape index (κ2) is 11.1. The summed E-state index contributed by atoms with van der Waals surface area (Å²) < 4.78 is 0. The highest BCUT2D eigenvalue weighted by atomic mass is 16.1. The van der Waals surface area contributed by atoms with E-state index in [1.165, 1.54) is 6.08 Å². The summed E-state index contributed by atoms with van der Waals surface area (Å²) in [5.74, 6) is 2.84. The number of amides is 1. The summed E-state index contributed by atoms with van der Waals surface area (Å²) in [6, 6.07) is 12.9. The van der Waals surface area contributed by atoms with Gasteiger partial charge >= 0.3 is 0 Å². The molecule has 1 unspecified atom stereocenters. The van der Waals surface area contributed by atoms with E-state index in [1.807, 2.05) is 49.4 Å². The molecule has 0 aliphatic heterocycles. The van der Waals surface area contributed by atoms with Crippen LogP contribution in [-0.4, -0.2) is 17.1 Å². The van der Waals surface area contributed by atoms with Crippen LogP contribution >= 0.6 is 0 Å².